The van der Waals surface area contributed by atoms with Crippen LogP contribution in [0.3, 0.4) is 0 Å². The fourth-order valence-electron chi connectivity index (χ4n) is 2.90. The van der Waals surface area contributed by atoms with Crippen LogP contribution in [-0.4, -0.2) is 33.6 Å². The van der Waals surface area contributed by atoms with E-state index in [1.165, 1.54) is 6.42 Å². The number of rotatable bonds is 4. The highest BCUT2D eigenvalue weighted by Gasteiger charge is 2.24. The van der Waals surface area contributed by atoms with Crippen LogP contribution in [0.25, 0.3) is 10.8 Å². The molecule has 0 saturated heterocycles. The normalized spacial score (nSPS) is 21.6. The summed E-state index contributed by atoms with van der Waals surface area (Å²) in [7, 11) is 0. The highest BCUT2D eigenvalue weighted by Crippen LogP contribution is 2.31. The van der Waals surface area contributed by atoms with E-state index in [1.807, 2.05) is 36.0 Å². The zero-order chi connectivity index (χ0) is 14.8. The standard InChI is InChI=1S/C16H18N2O2S/c1-21-12-7-6-11(9-12)17-15-13-5-3-2-4-10(13)8-14(18-15)16(19)20/h2-5,8,11-12H,6-7,9H2,1H3,(H,17,18)(H,19,20). The minimum Gasteiger partial charge on any atom is -0.477 e. The number of fused-ring (bicyclic) bond motifs is 1. The summed E-state index contributed by atoms with van der Waals surface area (Å²) < 4.78 is 0. The van der Waals surface area contributed by atoms with Gasteiger partial charge in [-0.2, -0.15) is 11.8 Å². The molecule has 1 fully saturated rings. The second-order valence-electron chi connectivity index (χ2n) is 5.39. The third kappa shape index (κ3) is 2.97. The van der Waals surface area contributed by atoms with Crippen molar-refractivity contribution >= 4 is 34.3 Å². The molecule has 0 spiro atoms. The number of nitrogens with zero attached hydrogens (tertiary/aromatic N) is 1. The summed E-state index contributed by atoms with van der Waals surface area (Å²) >= 11 is 1.90. The number of pyridine rings is 1. The average Bonchev–Trinajstić information content (AvgIpc) is 2.94. The lowest BCUT2D eigenvalue weighted by molar-refractivity contribution is 0.0691. The van der Waals surface area contributed by atoms with Gasteiger partial charge in [0.1, 0.15) is 5.82 Å². The largest absolute Gasteiger partial charge is 0.477 e. The molecular formula is C16H18N2O2S. The number of aromatic carboxylic acids is 1. The molecule has 0 amide bonds. The maximum Gasteiger partial charge on any atom is 0.354 e. The monoisotopic (exact) mass is 302 g/mol. The van der Waals surface area contributed by atoms with Crippen LogP contribution in [0, 0.1) is 0 Å². The zero-order valence-corrected chi connectivity index (χ0v) is 12.7. The molecule has 1 heterocycles. The molecular weight excluding hydrogens is 284 g/mol. The first-order chi connectivity index (χ1) is 10.2. The van der Waals surface area contributed by atoms with Gasteiger partial charge in [0.2, 0.25) is 0 Å². The fourth-order valence-corrected chi connectivity index (χ4v) is 3.69. The molecule has 1 aliphatic rings. The number of carboxylic acid groups (broad SMARTS) is 1. The van der Waals surface area contributed by atoms with Crippen molar-refractivity contribution in [2.24, 2.45) is 0 Å². The van der Waals surface area contributed by atoms with Crippen LogP contribution in [0.1, 0.15) is 29.8 Å². The Bertz CT molecular complexity index is 674. The SMILES string of the molecule is CSC1CCC(Nc2nc(C(=O)O)cc3ccccc23)C1. The maximum absolute atomic E-state index is 11.2. The molecule has 1 aromatic heterocycles. The van der Waals surface area contributed by atoms with Gasteiger partial charge in [0.05, 0.1) is 0 Å². The van der Waals surface area contributed by atoms with E-state index in [0.717, 1.165) is 23.6 Å². The molecule has 1 aromatic carbocycles. The smallest absolute Gasteiger partial charge is 0.354 e. The minimum atomic E-state index is -0.989. The van der Waals surface area contributed by atoms with Gasteiger partial charge in [0.15, 0.2) is 5.69 Å². The van der Waals surface area contributed by atoms with Crippen molar-refractivity contribution in [3.63, 3.8) is 0 Å². The molecule has 2 atom stereocenters. The lowest BCUT2D eigenvalue weighted by atomic mass is 10.1. The minimum absolute atomic E-state index is 0.0932. The van der Waals surface area contributed by atoms with E-state index in [0.29, 0.717) is 17.1 Å². The second-order valence-corrected chi connectivity index (χ2v) is 6.53. The summed E-state index contributed by atoms with van der Waals surface area (Å²) in [6.45, 7) is 0. The Labute approximate surface area is 128 Å². The van der Waals surface area contributed by atoms with E-state index in [-0.39, 0.29) is 5.69 Å². The van der Waals surface area contributed by atoms with Gasteiger partial charge >= 0.3 is 5.97 Å². The van der Waals surface area contributed by atoms with Gasteiger partial charge in [0, 0.05) is 16.7 Å². The molecule has 0 bridgehead atoms. The summed E-state index contributed by atoms with van der Waals surface area (Å²) in [4.78, 5) is 15.5. The van der Waals surface area contributed by atoms with Crippen molar-refractivity contribution in [1.29, 1.82) is 0 Å². The molecule has 0 aliphatic heterocycles. The molecule has 21 heavy (non-hydrogen) atoms. The molecule has 1 aliphatic carbocycles. The van der Waals surface area contributed by atoms with Crippen molar-refractivity contribution in [2.75, 3.05) is 11.6 Å². The Morgan fingerprint density at radius 2 is 2.19 bits per heavy atom. The van der Waals surface area contributed by atoms with E-state index in [2.05, 4.69) is 16.6 Å². The summed E-state index contributed by atoms with van der Waals surface area (Å²) in [6.07, 6.45) is 5.56. The third-order valence-corrected chi connectivity index (χ3v) is 5.11. The molecule has 4 nitrogen and oxygen atoms in total. The topological polar surface area (TPSA) is 62.2 Å². The Morgan fingerprint density at radius 3 is 2.90 bits per heavy atom. The Hall–Kier alpha value is -1.75. The van der Waals surface area contributed by atoms with Crippen LogP contribution in [0.15, 0.2) is 30.3 Å². The van der Waals surface area contributed by atoms with Gasteiger partial charge in [-0.1, -0.05) is 24.3 Å². The lowest BCUT2D eigenvalue weighted by Crippen LogP contribution is -2.18. The fraction of sp³-hybridized carbons (Fsp3) is 0.375. The number of carboxylic acids is 1. The van der Waals surface area contributed by atoms with Gasteiger partial charge in [-0.05, 0) is 37.0 Å². The van der Waals surface area contributed by atoms with Crippen molar-refractivity contribution in [3.05, 3.63) is 36.0 Å². The van der Waals surface area contributed by atoms with E-state index >= 15 is 0 Å². The number of hydrogen-bond acceptors (Lipinski definition) is 4. The van der Waals surface area contributed by atoms with Crippen LogP contribution in [-0.2, 0) is 0 Å². The number of benzene rings is 1. The molecule has 2 N–H and O–H groups in total. The second kappa shape index (κ2) is 5.93. The molecule has 3 rings (SSSR count). The van der Waals surface area contributed by atoms with Crippen molar-refractivity contribution in [3.8, 4) is 0 Å². The molecule has 2 unspecified atom stereocenters. The maximum atomic E-state index is 11.2. The Morgan fingerprint density at radius 1 is 1.38 bits per heavy atom. The van der Waals surface area contributed by atoms with Crippen LogP contribution < -0.4 is 5.32 Å². The molecule has 110 valence electrons. The van der Waals surface area contributed by atoms with Gasteiger partial charge in [0.25, 0.3) is 0 Å². The van der Waals surface area contributed by atoms with Crippen LogP contribution in [0.4, 0.5) is 5.82 Å². The summed E-state index contributed by atoms with van der Waals surface area (Å²) in [5.41, 5.74) is 0.0932. The molecule has 0 radical (unpaired) electrons. The summed E-state index contributed by atoms with van der Waals surface area (Å²) in [5, 5.41) is 15.3. The van der Waals surface area contributed by atoms with Gasteiger partial charge in [-0.25, -0.2) is 9.78 Å². The zero-order valence-electron chi connectivity index (χ0n) is 11.9. The van der Waals surface area contributed by atoms with Crippen LogP contribution in [0.5, 0.6) is 0 Å². The van der Waals surface area contributed by atoms with E-state index < -0.39 is 5.97 Å². The molecule has 2 aromatic rings. The first kappa shape index (κ1) is 14.2. The number of anilines is 1. The molecule has 1 saturated carbocycles. The average molecular weight is 302 g/mol. The van der Waals surface area contributed by atoms with Crippen LogP contribution in [0.2, 0.25) is 0 Å². The number of aromatic nitrogens is 1. The van der Waals surface area contributed by atoms with E-state index in [9.17, 15) is 9.90 Å². The third-order valence-electron chi connectivity index (χ3n) is 4.02. The highest BCUT2D eigenvalue weighted by molar-refractivity contribution is 7.99. The van der Waals surface area contributed by atoms with Crippen LogP contribution >= 0.6 is 11.8 Å². The Balaban J connectivity index is 1.94. The van der Waals surface area contributed by atoms with Gasteiger partial charge in [-0.3, -0.25) is 0 Å². The van der Waals surface area contributed by atoms with Crippen molar-refractivity contribution < 1.29 is 9.90 Å². The van der Waals surface area contributed by atoms with Gasteiger partial charge < -0.3 is 10.4 Å². The highest BCUT2D eigenvalue weighted by atomic mass is 32.2. The lowest BCUT2D eigenvalue weighted by Gasteiger charge is -2.16. The van der Waals surface area contributed by atoms with Crippen molar-refractivity contribution in [1.82, 2.24) is 4.98 Å². The van der Waals surface area contributed by atoms with Crippen molar-refractivity contribution in [2.45, 2.75) is 30.6 Å². The first-order valence-corrected chi connectivity index (χ1v) is 8.38. The predicted octanol–water partition coefficient (Wildman–Crippen LogP) is 3.63. The predicted molar refractivity (Wildman–Crippen MR) is 87.3 cm³/mol. The summed E-state index contributed by atoms with van der Waals surface area (Å²) in [5.74, 6) is -0.297. The number of carbonyl (C=O) groups is 1. The van der Waals surface area contributed by atoms with E-state index in [1.54, 1.807) is 6.07 Å². The van der Waals surface area contributed by atoms with Gasteiger partial charge in [-0.15, -0.1) is 0 Å². The number of thioether (sulfide) groups is 1. The number of hydrogen-bond donors (Lipinski definition) is 2. The summed E-state index contributed by atoms with van der Waals surface area (Å²) in [6, 6.07) is 9.78. The number of nitrogens with one attached hydrogen (secondary N) is 1. The van der Waals surface area contributed by atoms with E-state index in [4.69, 9.17) is 0 Å². The Kier molecular flexibility index (Phi) is 4.01. The quantitative estimate of drug-likeness (QED) is 0.903. The molecule has 5 heteroatoms. The first-order valence-electron chi connectivity index (χ1n) is 7.10.